The van der Waals surface area contributed by atoms with E-state index in [-0.39, 0.29) is 6.10 Å². The van der Waals surface area contributed by atoms with Gasteiger partial charge in [0.1, 0.15) is 0 Å². The van der Waals surface area contributed by atoms with Gasteiger partial charge in [-0.25, -0.2) is 0 Å². The van der Waals surface area contributed by atoms with Crippen LogP contribution in [0.25, 0.3) is 0 Å². The van der Waals surface area contributed by atoms with Crippen LogP contribution < -0.4 is 0 Å². The molecule has 1 fully saturated rings. The highest BCUT2D eigenvalue weighted by Crippen LogP contribution is 2.43. The zero-order valence-electron chi connectivity index (χ0n) is 11.2. The number of hydrogen-bond donors (Lipinski definition) is 1. The summed E-state index contributed by atoms with van der Waals surface area (Å²) in [6.07, 6.45) is 4.23. The summed E-state index contributed by atoms with van der Waals surface area (Å²) in [4.78, 5) is 0. The molecular weight excluding hydrogens is 208 g/mol. The van der Waals surface area contributed by atoms with Crippen molar-refractivity contribution < 1.29 is 5.11 Å². The van der Waals surface area contributed by atoms with Gasteiger partial charge in [-0.1, -0.05) is 45.0 Å². The van der Waals surface area contributed by atoms with Crippen LogP contribution in [0, 0.1) is 5.41 Å². The van der Waals surface area contributed by atoms with Gasteiger partial charge in [0.25, 0.3) is 0 Å². The molecule has 2 rings (SSSR count). The summed E-state index contributed by atoms with van der Waals surface area (Å²) in [5.41, 5.74) is 2.85. The average molecular weight is 232 g/mol. The Bertz CT molecular complexity index is 371. The molecule has 1 heteroatoms. The highest BCUT2D eigenvalue weighted by molar-refractivity contribution is 5.34. The molecule has 94 valence electrons. The Balaban J connectivity index is 2.05. The molecule has 1 atom stereocenters. The van der Waals surface area contributed by atoms with Gasteiger partial charge < -0.3 is 5.11 Å². The minimum absolute atomic E-state index is 0.286. The van der Waals surface area contributed by atoms with Crippen molar-refractivity contribution in [3.05, 3.63) is 35.4 Å². The fourth-order valence-electron chi connectivity index (χ4n) is 2.31. The van der Waals surface area contributed by atoms with Crippen molar-refractivity contribution in [2.24, 2.45) is 5.41 Å². The molecule has 0 aliphatic heterocycles. The third-order valence-electron chi connectivity index (χ3n) is 3.54. The lowest BCUT2D eigenvalue weighted by Gasteiger charge is -2.21. The van der Waals surface area contributed by atoms with E-state index in [1.807, 2.05) is 6.07 Å². The Kier molecular flexibility index (Phi) is 3.58. The van der Waals surface area contributed by atoms with Crippen LogP contribution in [0.3, 0.4) is 0 Å². The van der Waals surface area contributed by atoms with E-state index in [9.17, 15) is 5.11 Å². The van der Waals surface area contributed by atoms with Crippen LogP contribution in [0.5, 0.6) is 0 Å². The maximum Gasteiger partial charge on any atom is 0.0793 e. The Morgan fingerprint density at radius 2 is 1.88 bits per heavy atom. The van der Waals surface area contributed by atoms with Crippen molar-refractivity contribution in [1.29, 1.82) is 0 Å². The Labute approximate surface area is 105 Å². The molecule has 1 aromatic carbocycles. The number of benzene rings is 1. The van der Waals surface area contributed by atoms with E-state index in [1.54, 1.807) is 0 Å². The van der Waals surface area contributed by atoms with Crippen molar-refractivity contribution in [2.45, 2.75) is 58.5 Å². The predicted molar refractivity (Wildman–Crippen MR) is 72.1 cm³/mol. The maximum absolute atomic E-state index is 10.3. The predicted octanol–water partition coefficient (Wildman–Crippen LogP) is 4.42. The topological polar surface area (TPSA) is 20.2 Å². The van der Waals surface area contributed by atoms with Crippen LogP contribution in [-0.2, 0) is 0 Å². The largest absolute Gasteiger partial charge is 0.388 e. The molecule has 1 aromatic rings. The third kappa shape index (κ3) is 3.57. The average Bonchev–Trinajstić information content (AvgIpc) is 3.09. The van der Waals surface area contributed by atoms with E-state index in [4.69, 9.17) is 0 Å². The van der Waals surface area contributed by atoms with Crippen LogP contribution in [0.15, 0.2) is 24.3 Å². The van der Waals surface area contributed by atoms with E-state index in [1.165, 1.54) is 24.0 Å². The van der Waals surface area contributed by atoms with E-state index in [0.29, 0.717) is 5.41 Å². The smallest absolute Gasteiger partial charge is 0.0793 e. The van der Waals surface area contributed by atoms with Crippen molar-refractivity contribution in [1.82, 2.24) is 0 Å². The SMILES string of the molecule is CC(C)(C)CCC(O)c1ccccc1C1CC1. The van der Waals surface area contributed by atoms with E-state index >= 15 is 0 Å². The summed E-state index contributed by atoms with van der Waals surface area (Å²) < 4.78 is 0. The number of hydrogen-bond acceptors (Lipinski definition) is 1. The first-order valence-electron chi connectivity index (χ1n) is 6.74. The van der Waals surface area contributed by atoms with Gasteiger partial charge in [-0.05, 0) is 48.1 Å². The van der Waals surface area contributed by atoms with E-state index in [0.717, 1.165) is 18.8 Å². The molecule has 0 aromatic heterocycles. The van der Waals surface area contributed by atoms with Gasteiger partial charge in [-0.15, -0.1) is 0 Å². The molecule has 0 radical (unpaired) electrons. The Morgan fingerprint density at radius 3 is 2.47 bits per heavy atom. The minimum atomic E-state index is -0.286. The van der Waals surface area contributed by atoms with Crippen LogP contribution in [0.1, 0.15) is 69.6 Å². The zero-order valence-corrected chi connectivity index (χ0v) is 11.2. The second-order valence-electron chi connectivity index (χ2n) is 6.52. The summed E-state index contributed by atoms with van der Waals surface area (Å²) in [5, 5.41) is 10.3. The lowest BCUT2D eigenvalue weighted by Crippen LogP contribution is -2.09. The van der Waals surface area contributed by atoms with E-state index in [2.05, 4.69) is 39.0 Å². The van der Waals surface area contributed by atoms with Crippen molar-refractivity contribution in [3.63, 3.8) is 0 Å². The number of rotatable bonds is 4. The zero-order chi connectivity index (χ0) is 12.5. The molecule has 1 saturated carbocycles. The van der Waals surface area contributed by atoms with Gasteiger partial charge in [-0.3, -0.25) is 0 Å². The maximum atomic E-state index is 10.3. The first kappa shape index (κ1) is 12.6. The molecule has 1 aliphatic carbocycles. The van der Waals surface area contributed by atoms with E-state index < -0.39 is 0 Å². The molecule has 0 amide bonds. The van der Waals surface area contributed by atoms with Gasteiger partial charge >= 0.3 is 0 Å². The van der Waals surface area contributed by atoms with Gasteiger partial charge in [0.15, 0.2) is 0 Å². The quantitative estimate of drug-likeness (QED) is 0.814. The monoisotopic (exact) mass is 232 g/mol. The van der Waals surface area contributed by atoms with Crippen molar-refractivity contribution in [3.8, 4) is 0 Å². The normalized spacial score (nSPS) is 18.1. The van der Waals surface area contributed by atoms with Crippen molar-refractivity contribution in [2.75, 3.05) is 0 Å². The molecule has 0 saturated heterocycles. The summed E-state index contributed by atoms with van der Waals surface area (Å²) in [7, 11) is 0. The number of aliphatic hydroxyl groups excluding tert-OH is 1. The molecule has 1 aliphatic rings. The highest BCUT2D eigenvalue weighted by Gasteiger charge is 2.27. The minimum Gasteiger partial charge on any atom is -0.388 e. The Hall–Kier alpha value is -0.820. The lowest BCUT2D eigenvalue weighted by molar-refractivity contribution is 0.146. The van der Waals surface area contributed by atoms with Crippen LogP contribution >= 0.6 is 0 Å². The van der Waals surface area contributed by atoms with Gasteiger partial charge in [0, 0.05) is 0 Å². The highest BCUT2D eigenvalue weighted by atomic mass is 16.3. The fourth-order valence-corrected chi connectivity index (χ4v) is 2.31. The lowest BCUT2D eigenvalue weighted by atomic mass is 9.87. The molecule has 0 spiro atoms. The molecule has 17 heavy (non-hydrogen) atoms. The summed E-state index contributed by atoms with van der Waals surface area (Å²) in [6, 6.07) is 8.42. The Morgan fingerprint density at radius 1 is 1.24 bits per heavy atom. The molecule has 0 heterocycles. The van der Waals surface area contributed by atoms with Crippen LogP contribution in [-0.4, -0.2) is 5.11 Å². The van der Waals surface area contributed by atoms with Crippen LogP contribution in [0.4, 0.5) is 0 Å². The molecular formula is C16H24O. The standard InChI is InChI=1S/C16H24O/c1-16(2,3)11-10-15(17)14-7-5-4-6-13(14)12-8-9-12/h4-7,12,15,17H,8-11H2,1-3H3. The van der Waals surface area contributed by atoms with Crippen LogP contribution in [0.2, 0.25) is 0 Å². The van der Waals surface area contributed by atoms with Gasteiger partial charge in [0.05, 0.1) is 6.10 Å². The molecule has 1 nitrogen and oxygen atoms in total. The summed E-state index contributed by atoms with van der Waals surface area (Å²) in [5.74, 6) is 0.718. The molecule has 1 unspecified atom stereocenters. The van der Waals surface area contributed by atoms with Gasteiger partial charge in [-0.2, -0.15) is 0 Å². The second kappa shape index (κ2) is 4.81. The van der Waals surface area contributed by atoms with Gasteiger partial charge in [0.2, 0.25) is 0 Å². The number of aliphatic hydroxyl groups is 1. The fraction of sp³-hybridized carbons (Fsp3) is 0.625. The third-order valence-corrected chi connectivity index (χ3v) is 3.54. The summed E-state index contributed by atoms with van der Waals surface area (Å²) in [6.45, 7) is 6.69. The molecule has 0 bridgehead atoms. The molecule has 1 N–H and O–H groups in total. The van der Waals surface area contributed by atoms with Crippen molar-refractivity contribution >= 4 is 0 Å². The first-order chi connectivity index (χ1) is 7.97. The summed E-state index contributed by atoms with van der Waals surface area (Å²) >= 11 is 0. The first-order valence-corrected chi connectivity index (χ1v) is 6.74. The second-order valence-corrected chi connectivity index (χ2v) is 6.52.